The third-order valence-corrected chi connectivity index (χ3v) is 3.48. The van der Waals surface area contributed by atoms with Gasteiger partial charge in [0.25, 0.3) is 5.69 Å². The van der Waals surface area contributed by atoms with E-state index in [0.717, 1.165) is 17.8 Å². The molecule has 1 unspecified atom stereocenters. The van der Waals surface area contributed by atoms with Crippen LogP contribution >= 0.6 is 0 Å². The molecule has 5 nitrogen and oxygen atoms in total. The van der Waals surface area contributed by atoms with Crippen LogP contribution in [-0.2, 0) is 6.42 Å². The molecule has 0 spiro atoms. The third-order valence-electron chi connectivity index (χ3n) is 3.48. The van der Waals surface area contributed by atoms with Crippen LogP contribution in [0.1, 0.15) is 26.3 Å². The van der Waals surface area contributed by atoms with Gasteiger partial charge in [-0.1, -0.05) is 26.8 Å². The summed E-state index contributed by atoms with van der Waals surface area (Å²) in [4.78, 5) is 10.7. The van der Waals surface area contributed by atoms with Crippen molar-refractivity contribution in [2.45, 2.75) is 27.2 Å². The minimum absolute atomic E-state index is 0.182. The number of nitrogens with zero attached hydrogens (tertiary/aromatic N) is 1. The zero-order valence-electron chi connectivity index (χ0n) is 11.8. The number of rotatable bonds is 7. The highest BCUT2D eigenvalue weighted by Gasteiger charge is 2.15. The van der Waals surface area contributed by atoms with E-state index in [1.807, 2.05) is 19.1 Å². The largest absolute Gasteiger partial charge is 0.385 e. The van der Waals surface area contributed by atoms with E-state index in [1.54, 1.807) is 6.07 Å². The number of hydrogen-bond donors (Lipinski definition) is 2. The highest BCUT2D eigenvalue weighted by molar-refractivity contribution is 5.55. The van der Waals surface area contributed by atoms with Crippen LogP contribution in [0.3, 0.4) is 0 Å². The topological polar surface area (TPSA) is 81.2 Å². The summed E-state index contributed by atoms with van der Waals surface area (Å²) in [5.41, 5.74) is 7.43. The van der Waals surface area contributed by atoms with Crippen LogP contribution in [-0.4, -0.2) is 18.0 Å². The van der Waals surface area contributed by atoms with Gasteiger partial charge in [0.05, 0.1) is 4.92 Å². The quantitative estimate of drug-likeness (QED) is 0.586. The second-order valence-electron chi connectivity index (χ2n) is 5.07. The Morgan fingerprint density at radius 1 is 1.42 bits per heavy atom. The van der Waals surface area contributed by atoms with Gasteiger partial charge in [0.1, 0.15) is 0 Å². The van der Waals surface area contributed by atoms with E-state index >= 15 is 0 Å². The van der Waals surface area contributed by atoms with Crippen LogP contribution in [0.25, 0.3) is 0 Å². The van der Waals surface area contributed by atoms with E-state index in [1.165, 1.54) is 0 Å². The minimum Gasteiger partial charge on any atom is -0.385 e. The number of nitrogens with two attached hydrogens (primary N) is 1. The van der Waals surface area contributed by atoms with Crippen molar-refractivity contribution in [3.63, 3.8) is 0 Å². The Hall–Kier alpha value is -1.62. The van der Waals surface area contributed by atoms with Gasteiger partial charge in [0, 0.05) is 23.9 Å². The summed E-state index contributed by atoms with van der Waals surface area (Å²) in [5.74, 6) is 0.854. The Morgan fingerprint density at radius 2 is 2.11 bits per heavy atom. The molecule has 0 bridgehead atoms. The number of anilines is 1. The zero-order valence-corrected chi connectivity index (χ0v) is 11.8. The fourth-order valence-corrected chi connectivity index (χ4v) is 1.98. The van der Waals surface area contributed by atoms with E-state index in [-0.39, 0.29) is 10.6 Å². The summed E-state index contributed by atoms with van der Waals surface area (Å²) in [5, 5.41) is 14.2. The van der Waals surface area contributed by atoms with Crippen LogP contribution in [0.5, 0.6) is 0 Å². The van der Waals surface area contributed by atoms with Crippen molar-refractivity contribution in [1.29, 1.82) is 0 Å². The summed E-state index contributed by atoms with van der Waals surface area (Å²) < 4.78 is 0. The van der Waals surface area contributed by atoms with Gasteiger partial charge in [-0.05, 0) is 30.9 Å². The molecule has 0 fully saturated rings. The van der Waals surface area contributed by atoms with Crippen LogP contribution in [0.15, 0.2) is 18.2 Å². The maximum Gasteiger partial charge on any atom is 0.274 e. The molecule has 1 aromatic carbocycles. The molecule has 0 heterocycles. The van der Waals surface area contributed by atoms with Crippen molar-refractivity contribution >= 4 is 11.4 Å². The molecule has 106 valence electrons. The lowest BCUT2D eigenvalue weighted by molar-refractivity contribution is -0.385. The number of nitro groups is 1. The molecule has 0 aliphatic heterocycles. The van der Waals surface area contributed by atoms with E-state index < -0.39 is 0 Å². The summed E-state index contributed by atoms with van der Waals surface area (Å²) >= 11 is 0. The van der Waals surface area contributed by atoms with Crippen molar-refractivity contribution < 1.29 is 4.92 Å². The van der Waals surface area contributed by atoms with Gasteiger partial charge in [0.2, 0.25) is 0 Å². The van der Waals surface area contributed by atoms with Gasteiger partial charge in [-0.25, -0.2) is 0 Å². The van der Waals surface area contributed by atoms with Crippen molar-refractivity contribution in [3.8, 4) is 0 Å². The van der Waals surface area contributed by atoms with Crippen molar-refractivity contribution in [1.82, 2.24) is 0 Å². The first-order valence-electron chi connectivity index (χ1n) is 6.70. The molecule has 3 N–H and O–H groups in total. The number of nitrogens with one attached hydrogen (secondary N) is 1. The van der Waals surface area contributed by atoms with E-state index in [9.17, 15) is 10.1 Å². The Balaban J connectivity index is 2.80. The second-order valence-corrected chi connectivity index (χ2v) is 5.07. The first-order chi connectivity index (χ1) is 8.99. The lowest BCUT2D eigenvalue weighted by atomic mass is 9.96. The molecule has 5 heteroatoms. The molecule has 1 aromatic rings. The molecule has 0 saturated carbocycles. The highest BCUT2D eigenvalue weighted by Crippen LogP contribution is 2.24. The average Bonchev–Trinajstić information content (AvgIpc) is 2.38. The normalized spacial score (nSPS) is 12.5. The first-order valence-corrected chi connectivity index (χ1v) is 6.70. The van der Waals surface area contributed by atoms with Crippen LogP contribution in [0.2, 0.25) is 0 Å². The van der Waals surface area contributed by atoms with Gasteiger partial charge in [-0.2, -0.15) is 0 Å². The van der Waals surface area contributed by atoms with Crippen LogP contribution in [0.4, 0.5) is 11.4 Å². The predicted molar refractivity (Wildman–Crippen MR) is 78.3 cm³/mol. The summed E-state index contributed by atoms with van der Waals surface area (Å²) in [6, 6.07) is 5.31. The molecule has 0 aliphatic rings. The fraction of sp³-hybridized carbons (Fsp3) is 0.571. The van der Waals surface area contributed by atoms with E-state index in [0.29, 0.717) is 24.8 Å². The third kappa shape index (κ3) is 4.21. The Bertz CT molecular complexity index is 433. The standard InChI is InChI=1S/C14H23N3O2/c1-4-11-5-6-13(7-14(11)17(18)19)16-9-12(8-15)10(2)3/h5-7,10,12,16H,4,8-9,15H2,1-3H3. The highest BCUT2D eigenvalue weighted by atomic mass is 16.6. The van der Waals surface area contributed by atoms with Gasteiger partial charge < -0.3 is 11.1 Å². The Morgan fingerprint density at radius 3 is 2.58 bits per heavy atom. The van der Waals surface area contributed by atoms with Crippen molar-refractivity contribution in [3.05, 3.63) is 33.9 Å². The lowest BCUT2D eigenvalue weighted by Gasteiger charge is -2.20. The molecular weight excluding hydrogens is 242 g/mol. The maximum atomic E-state index is 11.0. The maximum absolute atomic E-state index is 11.0. The van der Waals surface area contributed by atoms with Crippen molar-refractivity contribution in [2.24, 2.45) is 17.6 Å². The fourth-order valence-electron chi connectivity index (χ4n) is 1.98. The number of nitro benzene ring substituents is 1. The van der Waals surface area contributed by atoms with Gasteiger partial charge in [-0.3, -0.25) is 10.1 Å². The average molecular weight is 265 g/mol. The summed E-state index contributed by atoms with van der Waals surface area (Å²) in [7, 11) is 0. The van der Waals surface area contributed by atoms with Gasteiger partial charge >= 0.3 is 0 Å². The molecule has 0 aromatic heterocycles. The molecule has 0 aliphatic carbocycles. The molecular formula is C14H23N3O2. The van der Waals surface area contributed by atoms with E-state index in [4.69, 9.17) is 5.73 Å². The van der Waals surface area contributed by atoms with Crippen molar-refractivity contribution in [2.75, 3.05) is 18.4 Å². The first kappa shape index (κ1) is 15.4. The smallest absolute Gasteiger partial charge is 0.274 e. The van der Waals surface area contributed by atoms with Gasteiger partial charge in [-0.15, -0.1) is 0 Å². The van der Waals surface area contributed by atoms with Crippen LogP contribution in [0, 0.1) is 22.0 Å². The number of hydrogen-bond acceptors (Lipinski definition) is 4. The molecule has 1 atom stereocenters. The van der Waals surface area contributed by atoms with Crippen LogP contribution < -0.4 is 11.1 Å². The predicted octanol–water partition coefficient (Wildman–Crippen LogP) is 2.80. The number of benzene rings is 1. The molecule has 1 rings (SSSR count). The summed E-state index contributed by atoms with van der Waals surface area (Å²) in [6.45, 7) is 7.51. The summed E-state index contributed by atoms with van der Waals surface area (Å²) in [6.07, 6.45) is 0.661. The second kappa shape index (κ2) is 7.09. The molecule has 0 amide bonds. The lowest BCUT2D eigenvalue weighted by Crippen LogP contribution is -2.27. The molecule has 0 saturated heterocycles. The van der Waals surface area contributed by atoms with Gasteiger partial charge in [0.15, 0.2) is 0 Å². The van der Waals surface area contributed by atoms with E-state index in [2.05, 4.69) is 19.2 Å². The Kier molecular flexibility index (Phi) is 5.76. The monoisotopic (exact) mass is 265 g/mol. The zero-order chi connectivity index (χ0) is 14.4. The Labute approximate surface area is 114 Å². The SMILES string of the molecule is CCc1ccc(NCC(CN)C(C)C)cc1[N+](=O)[O-]. The molecule has 0 radical (unpaired) electrons. The molecule has 19 heavy (non-hydrogen) atoms. The minimum atomic E-state index is -0.327. The number of aryl methyl sites for hydroxylation is 1.